The number of nitrogens with zero attached hydrogens (tertiary/aromatic N) is 1. The van der Waals surface area contributed by atoms with Crippen molar-refractivity contribution in [3.8, 4) is 5.75 Å². The summed E-state index contributed by atoms with van der Waals surface area (Å²) in [5, 5.41) is 0. The highest BCUT2D eigenvalue weighted by atomic mass is 16.5. The molecular formula is C26H27NO3. The second-order valence-electron chi connectivity index (χ2n) is 7.41. The molecule has 0 aliphatic heterocycles. The van der Waals surface area contributed by atoms with Crippen LogP contribution < -0.4 is 4.74 Å². The molecule has 0 saturated heterocycles. The molecule has 1 aliphatic rings. The summed E-state index contributed by atoms with van der Waals surface area (Å²) < 4.78 is 5.81. The summed E-state index contributed by atoms with van der Waals surface area (Å²) in [7, 11) is 4.02. The van der Waals surface area contributed by atoms with Crippen molar-refractivity contribution in [3.05, 3.63) is 89.5 Å². The molecule has 2 aromatic carbocycles. The topological polar surface area (TPSA) is 46.6 Å². The lowest BCUT2D eigenvalue weighted by Crippen LogP contribution is -2.19. The highest BCUT2D eigenvalue weighted by Gasteiger charge is 2.20. The SMILES string of the molecule is CC/C(=C(\C1=CC(=O)C(=O)C=C1)c1ccc(OCCN(C)C)cc1)c1ccccc1. The standard InChI is InChI=1S/C26H27NO3/c1-4-23(19-8-6-5-7-9-19)26(21-12-15-24(28)25(29)18-21)20-10-13-22(14-11-20)30-17-16-27(2)3/h5-15,18H,4,16-17H2,1-3H3/b26-23+. The summed E-state index contributed by atoms with van der Waals surface area (Å²) in [6, 6.07) is 18.0. The van der Waals surface area contributed by atoms with Crippen molar-refractivity contribution in [2.45, 2.75) is 13.3 Å². The number of benzene rings is 2. The van der Waals surface area contributed by atoms with Crippen LogP contribution in [0.15, 0.2) is 78.4 Å². The molecule has 0 atom stereocenters. The quantitative estimate of drug-likeness (QED) is 0.369. The Labute approximate surface area is 178 Å². The van der Waals surface area contributed by atoms with E-state index in [4.69, 9.17) is 4.74 Å². The van der Waals surface area contributed by atoms with E-state index in [9.17, 15) is 9.59 Å². The first kappa shape index (κ1) is 21.5. The first-order chi connectivity index (χ1) is 14.5. The molecule has 0 aromatic heterocycles. The molecular weight excluding hydrogens is 374 g/mol. The van der Waals surface area contributed by atoms with Gasteiger partial charge in [0, 0.05) is 6.54 Å². The third-order valence-electron chi connectivity index (χ3n) is 4.96. The zero-order chi connectivity index (χ0) is 21.5. The van der Waals surface area contributed by atoms with E-state index in [1.807, 2.05) is 56.6 Å². The Bertz CT molecular complexity index is 996. The third-order valence-corrected chi connectivity index (χ3v) is 4.96. The predicted octanol–water partition coefficient (Wildman–Crippen LogP) is 4.58. The fraction of sp³-hybridized carbons (Fsp3) is 0.231. The monoisotopic (exact) mass is 401 g/mol. The minimum atomic E-state index is -0.489. The summed E-state index contributed by atoms with van der Waals surface area (Å²) in [5.41, 5.74) is 4.91. The molecule has 2 aromatic rings. The molecule has 0 heterocycles. The van der Waals surface area contributed by atoms with Crippen LogP contribution in [0.25, 0.3) is 11.1 Å². The van der Waals surface area contributed by atoms with Crippen molar-refractivity contribution < 1.29 is 14.3 Å². The average Bonchev–Trinajstić information content (AvgIpc) is 2.75. The van der Waals surface area contributed by atoms with Gasteiger partial charge in [-0.15, -0.1) is 0 Å². The van der Waals surface area contributed by atoms with Crippen molar-refractivity contribution in [2.24, 2.45) is 0 Å². The first-order valence-corrected chi connectivity index (χ1v) is 10.1. The maximum absolute atomic E-state index is 12.1. The Morgan fingerprint density at radius 3 is 2.17 bits per heavy atom. The largest absolute Gasteiger partial charge is 0.492 e. The van der Waals surface area contributed by atoms with Gasteiger partial charge in [-0.1, -0.05) is 55.5 Å². The first-order valence-electron chi connectivity index (χ1n) is 10.1. The van der Waals surface area contributed by atoms with Gasteiger partial charge in [-0.25, -0.2) is 0 Å². The van der Waals surface area contributed by atoms with Crippen molar-refractivity contribution in [1.29, 1.82) is 0 Å². The van der Waals surface area contributed by atoms with Crippen LogP contribution in [0.4, 0.5) is 0 Å². The summed E-state index contributed by atoms with van der Waals surface area (Å²) in [6.45, 7) is 3.56. The molecule has 0 radical (unpaired) electrons. The average molecular weight is 402 g/mol. The van der Waals surface area contributed by atoms with Crippen LogP contribution in [-0.2, 0) is 9.59 Å². The molecule has 0 saturated carbocycles. The van der Waals surface area contributed by atoms with Gasteiger partial charge in [-0.05, 0) is 72.6 Å². The summed E-state index contributed by atoms with van der Waals surface area (Å²) in [5.74, 6) is -0.171. The Hall–Kier alpha value is -3.24. The van der Waals surface area contributed by atoms with Crippen molar-refractivity contribution in [3.63, 3.8) is 0 Å². The number of carbonyl (C=O) groups is 2. The lowest BCUT2D eigenvalue weighted by molar-refractivity contribution is -0.131. The molecule has 0 amide bonds. The Kier molecular flexibility index (Phi) is 7.15. The highest BCUT2D eigenvalue weighted by Crippen LogP contribution is 2.36. The van der Waals surface area contributed by atoms with Gasteiger partial charge in [0.05, 0.1) is 0 Å². The number of likely N-dealkylation sites (N-methyl/N-ethyl adjacent to an activating group) is 1. The maximum atomic E-state index is 12.1. The number of ketones is 2. The fourth-order valence-electron chi connectivity index (χ4n) is 3.41. The third kappa shape index (κ3) is 5.22. The van der Waals surface area contributed by atoms with E-state index in [-0.39, 0.29) is 0 Å². The molecule has 0 unspecified atom stereocenters. The van der Waals surface area contributed by atoms with Crippen LogP contribution in [0.2, 0.25) is 0 Å². The number of hydrogen-bond acceptors (Lipinski definition) is 4. The molecule has 0 N–H and O–H groups in total. The van der Waals surface area contributed by atoms with E-state index in [2.05, 4.69) is 24.0 Å². The van der Waals surface area contributed by atoms with Crippen LogP contribution in [0, 0.1) is 0 Å². The van der Waals surface area contributed by atoms with Crippen LogP contribution in [0.3, 0.4) is 0 Å². The number of carbonyl (C=O) groups excluding carboxylic acids is 2. The normalized spacial score (nSPS) is 14.6. The van der Waals surface area contributed by atoms with Crippen molar-refractivity contribution >= 4 is 22.7 Å². The van der Waals surface area contributed by atoms with Crippen LogP contribution >= 0.6 is 0 Å². The van der Waals surface area contributed by atoms with Gasteiger partial charge < -0.3 is 9.64 Å². The van der Waals surface area contributed by atoms with E-state index < -0.39 is 11.6 Å². The molecule has 0 fully saturated rings. The van der Waals surface area contributed by atoms with E-state index >= 15 is 0 Å². The minimum absolute atomic E-state index is 0.486. The fourth-order valence-corrected chi connectivity index (χ4v) is 3.41. The predicted molar refractivity (Wildman–Crippen MR) is 121 cm³/mol. The number of rotatable bonds is 8. The van der Waals surface area contributed by atoms with E-state index in [1.54, 1.807) is 6.08 Å². The molecule has 0 spiro atoms. The van der Waals surface area contributed by atoms with Gasteiger partial charge in [0.25, 0.3) is 0 Å². The number of ether oxygens (including phenoxy) is 1. The van der Waals surface area contributed by atoms with Crippen LogP contribution in [-0.4, -0.2) is 43.7 Å². The van der Waals surface area contributed by atoms with Gasteiger partial charge in [-0.2, -0.15) is 0 Å². The van der Waals surface area contributed by atoms with E-state index in [0.717, 1.165) is 46.6 Å². The lowest BCUT2D eigenvalue weighted by atomic mass is 9.85. The molecule has 4 heteroatoms. The lowest BCUT2D eigenvalue weighted by Gasteiger charge is -2.18. The molecule has 154 valence electrons. The van der Waals surface area contributed by atoms with Gasteiger partial charge in [0.2, 0.25) is 11.6 Å². The van der Waals surface area contributed by atoms with Crippen molar-refractivity contribution in [2.75, 3.05) is 27.2 Å². The van der Waals surface area contributed by atoms with Crippen LogP contribution in [0.5, 0.6) is 5.75 Å². The molecule has 30 heavy (non-hydrogen) atoms. The number of allylic oxidation sites excluding steroid dienone is 6. The van der Waals surface area contributed by atoms with Crippen LogP contribution in [0.1, 0.15) is 24.5 Å². The summed E-state index contributed by atoms with van der Waals surface area (Å²) in [6.07, 6.45) is 5.32. The molecule has 3 rings (SSSR count). The van der Waals surface area contributed by atoms with Gasteiger partial charge in [-0.3, -0.25) is 9.59 Å². The summed E-state index contributed by atoms with van der Waals surface area (Å²) >= 11 is 0. The second kappa shape index (κ2) is 9.99. The van der Waals surface area contributed by atoms with Gasteiger partial charge in [0.1, 0.15) is 12.4 Å². The smallest absolute Gasteiger partial charge is 0.226 e. The van der Waals surface area contributed by atoms with Gasteiger partial charge in [0.15, 0.2) is 0 Å². The summed E-state index contributed by atoms with van der Waals surface area (Å²) in [4.78, 5) is 25.8. The minimum Gasteiger partial charge on any atom is -0.492 e. The van der Waals surface area contributed by atoms with E-state index in [1.165, 1.54) is 12.2 Å². The molecule has 1 aliphatic carbocycles. The maximum Gasteiger partial charge on any atom is 0.226 e. The molecule has 0 bridgehead atoms. The Morgan fingerprint density at radius 1 is 0.867 bits per heavy atom. The number of hydrogen-bond donors (Lipinski definition) is 0. The highest BCUT2D eigenvalue weighted by molar-refractivity contribution is 6.47. The Morgan fingerprint density at radius 2 is 1.57 bits per heavy atom. The molecule has 4 nitrogen and oxygen atoms in total. The zero-order valence-electron chi connectivity index (χ0n) is 17.7. The van der Waals surface area contributed by atoms with Gasteiger partial charge >= 0.3 is 0 Å². The zero-order valence-corrected chi connectivity index (χ0v) is 17.7. The Balaban J connectivity index is 2.03. The van der Waals surface area contributed by atoms with Crippen molar-refractivity contribution in [1.82, 2.24) is 4.90 Å². The van der Waals surface area contributed by atoms with E-state index in [0.29, 0.717) is 6.61 Å². The second-order valence-corrected chi connectivity index (χ2v) is 7.41.